The van der Waals surface area contributed by atoms with Gasteiger partial charge in [0.15, 0.2) is 0 Å². The van der Waals surface area contributed by atoms with Crippen molar-refractivity contribution in [1.82, 2.24) is 0 Å². The third-order valence-corrected chi connectivity index (χ3v) is 6.95. The molecule has 0 saturated heterocycles. The van der Waals surface area contributed by atoms with E-state index < -0.39 is 11.4 Å². The van der Waals surface area contributed by atoms with Gasteiger partial charge in [-0.1, -0.05) is 84.0 Å². The number of carboxylic acid groups (broad SMARTS) is 1. The SMILES string of the molecule is CCCCCCCCC1(C2(C(=O)O)CCCCC2)CCCCC1. The van der Waals surface area contributed by atoms with Crippen LogP contribution in [0.25, 0.3) is 0 Å². The van der Waals surface area contributed by atoms with E-state index in [0.29, 0.717) is 0 Å². The van der Waals surface area contributed by atoms with E-state index in [1.165, 1.54) is 83.5 Å². The highest BCUT2D eigenvalue weighted by atomic mass is 16.4. The Balaban J connectivity index is 2.03. The first-order valence-corrected chi connectivity index (χ1v) is 10.4. The molecule has 23 heavy (non-hydrogen) atoms. The minimum atomic E-state index is -0.468. The summed E-state index contributed by atoms with van der Waals surface area (Å²) in [6, 6.07) is 0. The summed E-state index contributed by atoms with van der Waals surface area (Å²) in [5.41, 5.74) is -0.280. The fourth-order valence-corrected chi connectivity index (χ4v) is 5.57. The van der Waals surface area contributed by atoms with Gasteiger partial charge in [0.05, 0.1) is 5.41 Å². The normalized spacial score (nSPS) is 23.5. The van der Waals surface area contributed by atoms with Crippen LogP contribution in [-0.4, -0.2) is 11.1 Å². The first-order chi connectivity index (χ1) is 11.2. The third kappa shape index (κ3) is 4.31. The average molecular weight is 323 g/mol. The number of hydrogen-bond donors (Lipinski definition) is 1. The van der Waals surface area contributed by atoms with Crippen LogP contribution in [0.4, 0.5) is 0 Å². The van der Waals surface area contributed by atoms with Crippen molar-refractivity contribution in [1.29, 1.82) is 0 Å². The maximum Gasteiger partial charge on any atom is 0.310 e. The second kappa shape index (κ2) is 9.08. The van der Waals surface area contributed by atoms with Crippen molar-refractivity contribution in [2.24, 2.45) is 10.8 Å². The molecule has 0 aromatic rings. The summed E-state index contributed by atoms with van der Waals surface area (Å²) in [7, 11) is 0. The standard InChI is InChI=1S/C21H38O2/c1-2-3-4-5-6-9-14-20(15-10-7-11-16-20)21(19(22)23)17-12-8-13-18-21/h2-18H2,1H3,(H,22,23). The summed E-state index contributed by atoms with van der Waals surface area (Å²) in [5, 5.41) is 10.2. The van der Waals surface area contributed by atoms with E-state index in [4.69, 9.17) is 0 Å². The van der Waals surface area contributed by atoms with Crippen LogP contribution in [0.3, 0.4) is 0 Å². The predicted molar refractivity (Wildman–Crippen MR) is 96.7 cm³/mol. The molecule has 1 N–H and O–H groups in total. The molecule has 0 aromatic heterocycles. The van der Waals surface area contributed by atoms with Crippen molar-refractivity contribution in [3.05, 3.63) is 0 Å². The van der Waals surface area contributed by atoms with Gasteiger partial charge in [0.2, 0.25) is 0 Å². The molecule has 0 unspecified atom stereocenters. The van der Waals surface area contributed by atoms with Gasteiger partial charge in [-0.3, -0.25) is 4.79 Å². The van der Waals surface area contributed by atoms with Gasteiger partial charge in [-0.2, -0.15) is 0 Å². The highest BCUT2D eigenvalue weighted by Crippen LogP contribution is 2.59. The van der Waals surface area contributed by atoms with Crippen LogP contribution in [0, 0.1) is 10.8 Å². The Bertz CT molecular complexity index is 349. The zero-order chi connectivity index (χ0) is 16.6. The molecule has 2 fully saturated rings. The summed E-state index contributed by atoms with van der Waals surface area (Å²) in [5.74, 6) is -0.468. The largest absolute Gasteiger partial charge is 0.481 e. The molecular formula is C21H38O2. The zero-order valence-electron chi connectivity index (χ0n) is 15.4. The van der Waals surface area contributed by atoms with Crippen molar-refractivity contribution in [2.75, 3.05) is 0 Å². The molecule has 0 radical (unpaired) electrons. The van der Waals surface area contributed by atoms with Gasteiger partial charge in [0, 0.05) is 0 Å². The molecule has 0 amide bonds. The van der Waals surface area contributed by atoms with E-state index >= 15 is 0 Å². The van der Waals surface area contributed by atoms with Crippen molar-refractivity contribution >= 4 is 5.97 Å². The zero-order valence-corrected chi connectivity index (χ0v) is 15.4. The number of aliphatic carboxylic acids is 1. The van der Waals surface area contributed by atoms with Crippen LogP contribution in [-0.2, 0) is 4.79 Å². The Kier molecular flexibility index (Phi) is 7.43. The Labute approximate surface area is 143 Å². The molecule has 2 heteroatoms. The van der Waals surface area contributed by atoms with E-state index in [0.717, 1.165) is 25.7 Å². The fourth-order valence-electron chi connectivity index (χ4n) is 5.57. The quantitative estimate of drug-likeness (QED) is 0.478. The lowest BCUT2D eigenvalue weighted by atomic mass is 9.50. The molecule has 134 valence electrons. The van der Waals surface area contributed by atoms with Gasteiger partial charge in [-0.15, -0.1) is 0 Å². The molecule has 2 saturated carbocycles. The van der Waals surface area contributed by atoms with Gasteiger partial charge in [0.25, 0.3) is 0 Å². The van der Waals surface area contributed by atoms with Crippen LogP contribution < -0.4 is 0 Å². The van der Waals surface area contributed by atoms with Crippen molar-refractivity contribution in [3.8, 4) is 0 Å². The van der Waals surface area contributed by atoms with E-state index in [-0.39, 0.29) is 5.41 Å². The first kappa shape index (κ1) is 18.8. The third-order valence-electron chi connectivity index (χ3n) is 6.95. The second-order valence-electron chi connectivity index (χ2n) is 8.31. The lowest BCUT2D eigenvalue weighted by Crippen LogP contribution is -2.50. The molecule has 0 atom stereocenters. The van der Waals surface area contributed by atoms with E-state index in [9.17, 15) is 9.90 Å². The molecule has 0 heterocycles. The molecule has 2 nitrogen and oxygen atoms in total. The maximum atomic E-state index is 12.4. The van der Waals surface area contributed by atoms with E-state index in [1.54, 1.807) is 0 Å². The Morgan fingerprint density at radius 2 is 1.30 bits per heavy atom. The van der Waals surface area contributed by atoms with Crippen molar-refractivity contribution in [2.45, 2.75) is 116 Å². The smallest absolute Gasteiger partial charge is 0.310 e. The fraction of sp³-hybridized carbons (Fsp3) is 0.952. The molecule has 0 aliphatic heterocycles. The van der Waals surface area contributed by atoms with Gasteiger partial charge in [-0.05, 0) is 37.5 Å². The predicted octanol–water partition coefficient (Wildman–Crippen LogP) is 6.72. The highest BCUT2D eigenvalue weighted by Gasteiger charge is 2.55. The number of carbonyl (C=O) groups is 1. The molecule has 0 aromatic carbocycles. The molecule has 0 bridgehead atoms. The van der Waals surface area contributed by atoms with E-state index in [1.807, 2.05) is 0 Å². The van der Waals surface area contributed by atoms with Crippen molar-refractivity contribution in [3.63, 3.8) is 0 Å². The number of rotatable bonds is 9. The van der Waals surface area contributed by atoms with Crippen molar-refractivity contribution < 1.29 is 9.90 Å². The Hall–Kier alpha value is -0.530. The molecule has 2 rings (SSSR count). The highest BCUT2D eigenvalue weighted by molar-refractivity contribution is 5.76. The summed E-state index contributed by atoms with van der Waals surface area (Å²) >= 11 is 0. The van der Waals surface area contributed by atoms with Gasteiger partial charge < -0.3 is 5.11 Å². The van der Waals surface area contributed by atoms with Gasteiger partial charge in [0.1, 0.15) is 0 Å². The lowest BCUT2D eigenvalue weighted by Gasteiger charge is -2.52. The summed E-state index contributed by atoms with van der Waals surface area (Å²) < 4.78 is 0. The molecule has 2 aliphatic carbocycles. The van der Waals surface area contributed by atoms with Gasteiger partial charge >= 0.3 is 5.97 Å². The molecule has 0 spiro atoms. The lowest BCUT2D eigenvalue weighted by molar-refractivity contribution is -0.166. The Morgan fingerprint density at radius 3 is 1.87 bits per heavy atom. The minimum absolute atomic E-state index is 0.113. The number of carboxylic acids is 1. The Morgan fingerprint density at radius 1 is 0.783 bits per heavy atom. The second-order valence-corrected chi connectivity index (χ2v) is 8.31. The van der Waals surface area contributed by atoms with Crippen LogP contribution in [0.2, 0.25) is 0 Å². The topological polar surface area (TPSA) is 37.3 Å². The first-order valence-electron chi connectivity index (χ1n) is 10.4. The molecular weight excluding hydrogens is 284 g/mol. The summed E-state index contributed by atoms with van der Waals surface area (Å²) in [6.07, 6.45) is 20.6. The minimum Gasteiger partial charge on any atom is -0.481 e. The summed E-state index contributed by atoms with van der Waals surface area (Å²) in [4.78, 5) is 12.4. The van der Waals surface area contributed by atoms with Crippen LogP contribution >= 0.6 is 0 Å². The number of unbranched alkanes of at least 4 members (excludes halogenated alkanes) is 5. The maximum absolute atomic E-state index is 12.4. The average Bonchev–Trinajstić information content (AvgIpc) is 2.59. The van der Waals surface area contributed by atoms with Crippen LogP contribution in [0.5, 0.6) is 0 Å². The van der Waals surface area contributed by atoms with E-state index in [2.05, 4.69) is 6.92 Å². The monoisotopic (exact) mass is 322 g/mol. The van der Waals surface area contributed by atoms with Crippen LogP contribution in [0.15, 0.2) is 0 Å². The van der Waals surface area contributed by atoms with Gasteiger partial charge in [-0.25, -0.2) is 0 Å². The number of hydrogen-bond acceptors (Lipinski definition) is 1. The van der Waals surface area contributed by atoms with Crippen LogP contribution in [0.1, 0.15) is 116 Å². The summed E-state index contributed by atoms with van der Waals surface area (Å²) in [6.45, 7) is 2.26. The molecule has 2 aliphatic rings.